The molecule has 0 saturated carbocycles. The zero-order valence-corrected chi connectivity index (χ0v) is 18.7. The molecule has 0 aliphatic carbocycles. The number of imidazole rings is 1. The molecule has 1 saturated heterocycles. The van der Waals surface area contributed by atoms with Gasteiger partial charge in [-0.15, -0.1) is 0 Å². The third kappa shape index (κ3) is 3.34. The van der Waals surface area contributed by atoms with Crippen LogP contribution in [0.5, 0.6) is 0 Å². The molecule has 1 aromatic carbocycles. The number of carbonyl (C=O) groups excluding carboxylic acids is 1. The number of hydrogen-bond donors (Lipinski definition) is 0. The van der Waals surface area contributed by atoms with Crippen molar-refractivity contribution < 1.29 is 9.18 Å². The van der Waals surface area contributed by atoms with E-state index in [4.69, 9.17) is 23.8 Å². The van der Waals surface area contributed by atoms with Crippen molar-refractivity contribution in [2.75, 3.05) is 13.1 Å². The van der Waals surface area contributed by atoms with Crippen LogP contribution in [-0.2, 0) is 30.2 Å². The fourth-order valence-corrected chi connectivity index (χ4v) is 5.44. The Morgan fingerprint density at radius 2 is 2.00 bits per heavy atom. The van der Waals surface area contributed by atoms with Crippen LogP contribution < -0.4 is 0 Å². The minimum absolute atomic E-state index is 0.00234. The van der Waals surface area contributed by atoms with Crippen LogP contribution in [0.1, 0.15) is 56.0 Å². The van der Waals surface area contributed by atoms with E-state index in [2.05, 4.69) is 18.4 Å². The van der Waals surface area contributed by atoms with Gasteiger partial charge in [-0.05, 0) is 55.2 Å². The molecule has 0 bridgehead atoms. The summed E-state index contributed by atoms with van der Waals surface area (Å²) in [6, 6.07) is 4.73. The van der Waals surface area contributed by atoms with Crippen molar-refractivity contribution in [2.24, 2.45) is 7.05 Å². The second-order valence-electron chi connectivity index (χ2n) is 8.64. The normalized spacial score (nSPS) is 24.0. The number of aromatic nitrogens is 2. The van der Waals surface area contributed by atoms with Crippen molar-refractivity contribution in [1.82, 2.24) is 14.0 Å². The van der Waals surface area contributed by atoms with Crippen LogP contribution in [0.15, 0.2) is 18.2 Å². The quantitative estimate of drug-likeness (QED) is 0.636. The molecule has 29 heavy (non-hydrogen) atoms. The number of hydrogen-bond acceptors (Lipinski definition) is 2. The lowest BCUT2D eigenvalue weighted by molar-refractivity contribution is -0.131. The fraction of sp³-hybridized carbons (Fsp3) is 0.545. The van der Waals surface area contributed by atoms with Crippen molar-refractivity contribution in [3.63, 3.8) is 0 Å². The molecule has 2 atom stereocenters. The Morgan fingerprint density at radius 3 is 2.69 bits per heavy atom. The first-order valence-corrected chi connectivity index (χ1v) is 11.0. The highest BCUT2D eigenvalue weighted by molar-refractivity contribution is 7.71. The zero-order valence-electron chi connectivity index (χ0n) is 17.2. The molecule has 0 unspecified atom stereocenters. The summed E-state index contributed by atoms with van der Waals surface area (Å²) in [5, 5.41) is 0.524. The van der Waals surface area contributed by atoms with Gasteiger partial charge in [-0.2, -0.15) is 0 Å². The van der Waals surface area contributed by atoms with Crippen LogP contribution in [0.2, 0.25) is 5.02 Å². The molecule has 1 fully saturated rings. The second kappa shape index (κ2) is 7.55. The summed E-state index contributed by atoms with van der Waals surface area (Å²) in [5.74, 6) is -0.100. The SMILES string of the molecule is C[C@H]1c2c(CC(=O)N3CCCCC3)n(C)c(=S)n2C[C@]1(C)c1cc(Cl)ccc1F. The molecule has 7 heteroatoms. The first-order valence-electron chi connectivity index (χ1n) is 10.3. The van der Waals surface area contributed by atoms with Gasteiger partial charge in [-0.3, -0.25) is 4.79 Å². The van der Waals surface area contributed by atoms with E-state index >= 15 is 0 Å². The van der Waals surface area contributed by atoms with Crippen molar-refractivity contribution in [2.45, 2.75) is 57.4 Å². The smallest absolute Gasteiger partial charge is 0.228 e. The maximum absolute atomic E-state index is 14.7. The van der Waals surface area contributed by atoms with E-state index in [1.54, 1.807) is 12.1 Å². The Labute approximate surface area is 181 Å². The highest BCUT2D eigenvalue weighted by atomic mass is 35.5. The van der Waals surface area contributed by atoms with E-state index in [0.29, 0.717) is 28.3 Å². The number of fused-ring (bicyclic) bond motifs is 1. The predicted octanol–water partition coefficient (Wildman–Crippen LogP) is 4.98. The number of piperidine rings is 1. The molecular formula is C22H27ClFN3OS. The number of likely N-dealkylation sites (tertiary alicyclic amines) is 1. The van der Waals surface area contributed by atoms with Crippen LogP contribution >= 0.6 is 23.8 Å². The zero-order chi connectivity index (χ0) is 20.9. The van der Waals surface area contributed by atoms with Crippen LogP contribution in [0.4, 0.5) is 4.39 Å². The summed E-state index contributed by atoms with van der Waals surface area (Å²) in [7, 11) is 1.93. The number of amides is 1. The summed E-state index contributed by atoms with van der Waals surface area (Å²) in [4.78, 5) is 14.9. The van der Waals surface area contributed by atoms with Gasteiger partial charge in [-0.1, -0.05) is 25.4 Å². The molecule has 4 rings (SSSR count). The molecule has 1 amide bonds. The summed E-state index contributed by atoms with van der Waals surface area (Å²) in [5.41, 5.74) is 2.12. The van der Waals surface area contributed by atoms with Crippen molar-refractivity contribution in [3.05, 3.63) is 50.8 Å². The molecule has 2 aromatic rings. The molecule has 0 radical (unpaired) electrons. The third-order valence-corrected chi connectivity index (χ3v) is 7.66. The van der Waals surface area contributed by atoms with E-state index in [-0.39, 0.29) is 17.6 Å². The lowest BCUT2D eigenvalue weighted by atomic mass is 9.73. The predicted molar refractivity (Wildman–Crippen MR) is 116 cm³/mol. The molecule has 1 aromatic heterocycles. The van der Waals surface area contributed by atoms with Crippen LogP contribution in [-0.4, -0.2) is 33.0 Å². The van der Waals surface area contributed by atoms with E-state index in [1.165, 1.54) is 12.5 Å². The summed E-state index contributed by atoms with van der Waals surface area (Å²) in [6.07, 6.45) is 3.66. The fourth-order valence-electron chi connectivity index (χ4n) is 4.99. The average Bonchev–Trinajstić information content (AvgIpc) is 3.11. The van der Waals surface area contributed by atoms with E-state index in [1.807, 2.05) is 16.5 Å². The highest BCUT2D eigenvalue weighted by Gasteiger charge is 2.46. The molecule has 0 spiro atoms. The minimum atomic E-state index is -0.477. The van der Waals surface area contributed by atoms with Crippen LogP contribution in [0.25, 0.3) is 0 Å². The molecule has 2 aliphatic heterocycles. The Hall–Kier alpha value is -1.66. The van der Waals surface area contributed by atoms with Crippen molar-refractivity contribution in [1.29, 1.82) is 0 Å². The van der Waals surface area contributed by atoms with Gasteiger partial charge >= 0.3 is 0 Å². The standard InChI is InChI=1S/C22H27ClFN3OS/c1-14-20-18(12-19(28)26-9-5-4-6-10-26)25(3)21(29)27(20)13-22(14,2)16-11-15(23)7-8-17(16)24/h7-8,11,14H,4-6,9-10,12-13H2,1-3H3/t14-,22-/m0/s1. The Bertz CT molecular complexity index is 1020. The minimum Gasteiger partial charge on any atom is -0.342 e. The van der Waals surface area contributed by atoms with Crippen molar-refractivity contribution in [3.8, 4) is 0 Å². The number of halogens is 2. The molecule has 4 nitrogen and oxygen atoms in total. The van der Waals surface area contributed by atoms with Crippen LogP contribution in [0.3, 0.4) is 0 Å². The monoisotopic (exact) mass is 435 g/mol. The number of rotatable bonds is 3. The molecule has 3 heterocycles. The number of nitrogens with zero attached hydrogens (tertiary/aromatic N) is 3. The van der Waals surface area contributed by atoms with Gasteiger partial charge < -0.3 is 14.0 Å². The second-order valence-corrected chi connectivity index (χ2v) is 9.44. The first-order chi connectivity index (χ1) is 13.7. The van der Waals surface area contributed by atoms with Gasteiger partial charge in [0.15, 0.2) is 4.77 Å². The maximum atomic E-state index is 14.7. The van der Waals surface area contributed by atoms with Gasteiger partial charge in [0.25, 0.3) is 0 Å². The topological polar surface area (TPSA) is 30.2 Å². The van der Waals surface area contributed by atoms with Gasteiger partial charge in [0.1, 0.15) is 5.82 Å². The van der Waals surface area contributed by atoms with Gasteiger partial charge in [0, 0.05) is 54.4 Å². The average molecular weight is 436 g/mol. The number of benzene rings is 1. The van der Waals surface area contributed by atoms with Crippen LogP contribution in [0, 0.1) is 10.6 Å². The summed E-state index contributed by atoms with van der Waals surface area (Å²) < 4.78 is 19.5. The van der Waals surface area contributed by atoms with Crippen molar-refractivity contribution >= 4 is 29.7 Å². The summed E-state index contributed by atoms with van der Waals surface area (Å²) >= 11 is 11.9. The lowest BCUT2D eigenvalue weighted by Gasteiger charge is -2.31. The van der Waals surface area contributed by atoms with E-state index < -0.39 is 5.41 Å². The van der Waals surface area contributed by atoms with Gasteiger partial charge in [0.05, 0.1) is 6.42 Å². The molecule has 2 aliphatic rings. The Kier molecular flexibility index (Phi) is 5.36. The van der Waals surface area contributed by atoms with Gasteiger partial charge in [-0.25, -0.2) is 4.39 Å². The van der Waals surface area contributed by atoms with E-state index in [0.717, 1.165) is 37.3 Å². The first kappa shape index (κ1) is 20.6. The molecule has 0 N–H and O–H groups in total. The summed E-state index contributed by atoms with van der Waals surface area (Å²) in [6.45, 7) is 6.40. The third-order valence-electron chi connectivity index (χ3n) is 6.93. The number of carbonyl (C=O) groups is 1. The van der Waals surface area contributed by atoms with Gasteiger partial charge in [0.2, 0.25) is 5.91 Å². The molecule has 156 valence electrons. The highest BCUT2D eigenvalue weighted by Crippen LogP contribution is 2.48. The largest absolute Gasteiger partial charge is 0.342 e. The Morgan fingerprint density at radius 1 is 1.31 bits per heavy atom. The Balaban J connectivity index is 1.72. The molecular weight excluding hydrogens is 409 g/mol. The van der Waals surface area contributed by atoms with E-state index in [9.17, 15) is 9.18 Å². The lowest BCUT2D eigenvalue weighted by Crippen LogP contribution is -2.37. The maximum Gasteiger partial charge on any atom is 0.228 e.